The van der Waals surface area contributed by atoms with Crippen molar-refractivity contribution in [3.05, 3.63) is 243 Å². The number of hydrogen-bond acceptors (Lipinski definition) is 1. The summed E-state index contributed by atoms with van der Waals surface area (Å²) in [6.07, 6.45) is 0. The van der Waals surface area contributed by atoms with E-state index in [0.29, 0.717) is 0 Å². The van der Waals surface area contributed by atoms with E-state index in [2.05, 4.69) is 252 Å². The highest BCUT2D eigenvalue weighted by molar-refractivity contribution is 6.25. The van der Waals surface area contributed by atoms with Gasteiger partial charge in [-0.1, -0.05) is 188 Å². The average Bonchev–Trinajstić information content (AvgIpc) is 3.66. The van der Waals surface area contributed by atoms with Crippen LogP contribution in [-0.2, 0) is 0 Å². The molecule has 1 aromatic heterocycles. The van der Waals surface area contributed by atoms with Crippen LogP contribution in [0.15, 0.2) is 243 Å². The zero-order chi connectivity index (χ0) is 42.1. The van der Waals surface area contributed by atoms with Crippen molar-refractivity contribution in [2.75, 3.05) is 4.90 Å². The molecule has 2 nitrogen and oxygen atoms in total. The largest absolute Gasteiger partial charge is 0.309 e. The van der Waals surface area contributed by atoms with Gasteiger partial charge >= 0.3 is 0 Å². The molecule has 64 heavy (non-hydrogen) atoms. The average molecular weight is 813 g/mol. The number of hydrogen-bond donors (Lipinski definition) is 0. The molecular formula is C62H40N2. The van der Waals surface area contributed by atoms with Crippen molar-refractivity contribution in [1.82, 2.24) is 4.57 Å². The Morgan fingerprint density at radius 3 is 1.33 bits per heavy atom. The zero-order valence-electron chi connectivity index (χ0n) is 35.0. The second-order valence-corrected chi connectivity index (χ2v) is 16.8. The van der Waals surface area contributed by atoms with E-state index in [9.17, 15) is 0 Å². The smallest absolute Gasteiger partial charge is 0.0641 e. The van der Waals surface area contributed by atoms with Crippen molar-refractivity contribution in [3.63, 3.8) is 0 Å². The SMILES string of the molecule is c1ccc(-c2cc(-c3ccccc3)cc(-n3c4c(c5ccccc53)-c3ccccc3N(c3ccc(-c5ccc6c7ccccc7c7ccccc7c6c5)cc3)c3ccccc3-4)c2)cc1. The topological polar surface area (TPSA) is 8.17 Å². The van der Waals surface area contributed by atoms with E-state index in [1.54, 1.807) is 0 Å². The second kappa shape index (κ2) is 14.6. The molecule has 11 aromatic carbocycles. The van der Waals surface area contributed by atoms with Gasteiger partial charge in [-0.25, -0.2) is 0 Å². The van der Waals surface area contributed by atoms with Gasteiger partial charge in [-0.3, -0.25) is 0 Å². The molecule has 1 aliphatic heterocycles. The van der Waals surface area contributed by atoms with Gasteiger partial charge in [0.2, 0.25) is 0 Å². The minimum Gasteiger partial charge on any atom is -0.309 e. The molecule has 0 saturated heterocycles. The van der Waals surface area contributed by atoms with Gasteiger partial charge in [0.05, 0.1) is 22.6 Å². The van der Waals surface area contributed by atoms with Crippen LogP contribution in [0.5, 0.6) is 0 Å². The molecule has 1 aliphatic rings. The fourth-order valence-corrected chi connectivity index (χ4v) is 10.4. The number of rotatable bonds is 5. The van der Waals surface area contributed by atoms with Gasteiger partial charge in [-0.05, 0) is 120 Å². The van der Waals surface area contributed by atoms with E-state index < -0.39 is 0 Å². The fraction of sp³-hybridized carbons (Fsp3) is 0. The summed E-state index contributed by atoms with van der Waals surface area (Å²) in [5.74, 6) is 0. The molecule has 13 rings (SSSR count). The van der Waals surface area contributed by atoms with E-state index in [4.69, 9.17) is 0 Å². The van der Waals surface area contributed by atoms with Crippen LogP contribution in [0.2, 0.25) is 0 Å². The normalized spacial score (nSPS) is 12.0. The molecule has 0 aliphatic carbocycles. The summed E-state index contributed by atoms with van der Waals surface area (Å²) in [5.41, 5.74) is 17.6. The first-order chi connectivity index (χ1) is 31.8. The highest BCUT2D eigenvalue weighted by Gasteiger charge is 2.31. The predicted molar refractivity (Wildman–Crippen MR) is 271 cm³/mol. The van der Waals surface area contributed by atoms with E-state index in [0.717, 1.165) is 22.7 Å². The number of fused-ring (bicyclic) bond motifs is 13. The van der Waals surface area contributed by atoms with E-state index in [-0.39, 0.29) is 0 Å². The molecule has 2 heterocycles. The summed E-state index contributed by atoms with van der Waals surface area (Å²) < 4.78 is 2.51. The lowest BCUT2D eigenvalue weighted by Gasteiger charge is -2.27. The third kappa shape index (κ3) is 5.66. The summed E-state index contributed by atoms with van der Waals surface area (Å²) in [4.78, 5) is 2.46. The Hall–Kier alpha value is -8.46. The molecule has 0 fully saturated rings. The van der Waals surface area contributed by atoms with Crippen LogP contribution in [0.3, 0.4) is 0 Å². The van der Waals surface area contributed by atoms with E-state index in [1.807, 2.05) is 0 Å². The Bertz CT molecular complexity index is 3670. The van der Waals surface area contributed by atoms with Crippen LogP contribution in [-0.4, -0.2) is 4.57 Å². The first-order valence-electron chi connectivity index (χ1n) is 22.1. The Kier molecular flexibility index (Phi) is 8.25. The lowest BCUT2D eigenvalue weighted by atomic mass is 9.92. The molecule has 0 radical (unpaired) electrons. The molecule has 0 amide bonds. The molecule has 0 unspecified atom stereocenters. The lowest BCUT2D eigenvalue weighted by Crippen LogP contribution is -2.11. The van der Waals surface area contributed by atoms with Gasteiger partial charge in [0.15, 0.2) is 0 Å². The number of benzene rings is 11. The maximum absolute atomic E-state index is 2.51. The quantitative estimate of drug-likeness (QED) is 0.157. The molecule has 0 spiro atoms. The van der Waals surface area contributed by atoms with Crippen LogP contribution in [0.25, 0.3) is 105 Å². The monoisotopic (exact) mass is 812 g/mol. The maximum Gasteiger partial charge on any atom is 0.0641 e. The van der Waals surface area contributed by atoms with E-state index >= 15 is 0 Å². The standard InChI is InChI=1S/C62H40N2/c1-3-17-41(18-4-1)45-37-46(42-19-5-2-6-20-42)39-48(38-45)64-59-29-15-12-26-55(59)61-54-25-11-14-28-58(54)63(60-30-16-13-27-56(60)62(61)64)47-34-31-43(32-35-47)44-33-36-53-51-23-8-7-21-49(51)50-22-9-10-24-52(50)57(53)40-44/h1-40H. The third-order valence-corrected chi connectivity index (χ3v) is 13.3. The minimum absolute atomic E-state index is 1.11. The van der Waals surface area contributed by atoms with Gasteiger partial charge in [-0.2, -0.15) is 0 Å². The summed E-state index contributed by atoms with van der Waals surface area (Å²) in [6.45, 7) is 0. The van der Waals surface area contributed by atoms with Gasteiger partial charge in [-0.15, -0.1) is 0 Å². The van der Waals surface area contributed by atoms with Crippen LogP contribution >= 0.6 is 0 Å². The van der Waals surface area contributed by atoms with Crippen molar-refractivity contribution < 1.29 is 0 Å². The first-order valence-corrected chi connectivity index (χ1v) is 22.1. The van der Waals surface area contributed by atoms with Crippen LogP contribution in [0.1, 0.15) is 0 Å². The highest BCUT2D eigenvalue weighted by Crippen LogP contribution is 2.54. The lowest BCUT2D eigenvalue weighted by molar-refractivity contribution is 1.14. The van der Waals surface area contributed by atoms with Crippen LogP contribution in [0.4, 0.5) is 17.1 Å². The number of nitrogens with zero attached hydrogens (tertiary/aromatic N) is 2. The molecule has 0 saturated carbocycles. The van der Waals surface area contributed by atoms with Crippen molar-refractivity contribution in [1.29, 1.82) is 0 Å². The van der Waals surface area contributed by atoms with Gasteiger partial charge in [0.1, 0.15) is 0 Å². The highest BCUT2D eigenvalue weighted by atomic mass is 15.2. The zero-order valence-corrected chi connectivity index (χ0v) is 35.0. The molecule has 0 N–H and O–H groups in total. The van der Waals surface area contributed by atoms with Crippen LogP contribution < -0.4 is 4.90 Å². The Labute approximate surface area is 372 Å². The van der Waals surface area contributed by atoms with Crippen molar-refractivity contribution in [2.45, 2.75) is 0 Å². The number of anilines is 3. The summed E-state index contributed by atoms with van der Waals surface area (Å²) in [5, 5.41) is 8.95. The number of aromatic nitrogens is 1. The first kappa shape index (κ1) is 36.2. The third-order valence-electron chi connectivity index (χ3n) is 13.3. The van der Waals surface area contributed by atoms with Crippen molar-refractivity contribution in [3.8, 4) is 61.5 Å². The van der Waals surface area contributed by atoms with E-state index in [1.165, 1.54) is 99.0 Å². The van der Waals surface area contributed by atoms with Gasteiger partial charge < -0.3 is 9.47 Å². The number of para-hydroxylation sites is 3. The maximum atomic E-state index is 2.51. The second-order valence-electron chi connectivity index (χ2n) is 16.8. The Morgan fingerprint density at radius 2 is 0.703 bits per heavy atom. The Morgan fingerprint density at radius 1 is 0.250 bits per heavy atom. The molecular weight excluding hydrogens is 773 g/mol. The van der Waals surface area contributed by atoms with Gasteiger partial charge in [0, 0.05) is 33.5 Å². The molecule has 2 heteroatoms. The summed E-state index contributed by atoms with van der Waals surface area (Å²) in [6, 6.07) is 89.1. The summed E-state index contributed by atoms with van der Waals surface area (Å²) in [7, 11) is 0. The molecule has 0 atom stereocenters. The van der Waals surface area contributed by atoms with Crippen LogP contribution in [0, 0.1) is 0 Å². The fourth-order valence-electron chi connectivity index (χ4n) is 10.4. The minimum atomic E-state index is 1.11. The molecule has 298 valence electrons. The molecule has 0 bridgehead atoms. The van der Waals surface area contributed by atoms with Crippen molar-refractivity contribution >= 4 is 60.3 Å². The van der Waals surface area contributed by atoms with Crippen molar-refractivity contribution in [2.24, 2.45) is 0 Å². The molecule has 12 aromatic rings. The predicted octanol–water partition coefficient (Wildman–Crippen LogP) is 17.2. The Balaban J connectivity index is 1.00. The van der Waals surface area contributed by atoms with Gasteiger partial charge in [0.25, 0.3) is 0 Å². The summed E-state index contributed by atoms with van der Waals surface area (Å²) >= 11 is 0.